The Morgan fingerprint density at radius 1 is 1.35 bits per heavy atom. The van der Waals surface area contributed by atoms with Crippen LogP contribution in [0.15, 0.2) is 33.9 Å². The minimum atomic E-state index is 0.346. The molecule has 1 aliphatic heterocycles. The minimum Gasteiger partial charge on any atom is -0.377 e. The Labute approximate surface area is 130 Å². The topological polar surface area (TPSA) is 50.8 Å². The van der Waals surface area contributed by atoms with Crippen LogP contribution in [0.3, 0.4) is 0 Å². The van der Waals surface area contributed by atoms with Crippen LogP contribution in [0.25, 0.3) is 11.4 Å². The SMILES string of the molecule is Brc1ccccc1-c1nc(SCC2CCCCO2)n[nH]1. The van der Waals surface area contributed by atoms with Crippen LogP contribution < -0.4 is 0 Å². The van der Waals surface area contributed by atoms with E-state index in [9.17, 15) is 0 Å². The van der Waals surface area contributed by atoms with Crippen LogP contribution in [0, 0.1) is 0 Å². The van der Waals surface area contributed by atoms with Crippen molar-refractivity contribution < 1.29 is 4.74 Å². The fourth-order valence-electron chi connectivity index (χ4n) is 2.19. The molecule has 1 saturated heterocycles. The lowest BCUT2D eigenvalue weighted by Crippen LogP contribution is -2.21. The van der Waals surface area contributed by atoms with E-state index < -0.39 is 0 Å². The number of aromatic nitrogens is 3. The van der Waals surface area contributed by atoms with Gasteiger partial charge in [-0.25, -0.2) is 4.98 Å². The van der Waals surface area contributed by atoms with E-state index in [1.54, 1.807) is 11.8 Å². The van der Waals surface area contributed by atoms with Crippen molar-refractivity contribution in [3.05, 3.63) is 28.7 Å². The summed E-state index contributed by atoms with van der Waals surface area (Å²) in [7, 11) is 0. The first-order chi connectivity index (χ1) is 9.83. The largest absolute Gasteiger partial charge is 0.377 e. The molecule has 2 aromatic rings. The van der Waals surface area contributed by atoms with Crippen molar-refractivity contribution in [1.29, 1.82) is 0 Å². The molecule has 1 N–H and O–H groups in total. The summed E-state index contributed by atoms with van der Waals surface area (Å²) in [4.78, 5) is 4.54. The molecular weight excluding hydrogens is 338 g/mol. The summed E-state index contributed by atoms with van der Waals surface area (Å²) in [5, 5.41) is 8.05. The van der Waals surface area contributed by atoms with Gasteiger partial charge in [-0.1, -0.05) is 45.9 Å². The van der Waals surface area contributed by atoms with E-state index in [4.69, 9.17) is 4.74 Å². The molecule has 0 spiro atoms. The van der Waals surface area contributed by atoms with Crippen LogP contribution in [0.4, 0.5) is 0 Å². The summed E-state index contributed by atoms with van der Waals surface area (Å²) in [5.74, 6) is 1.72. The molecule has 0 saturated carbocycles. The Morgan fingerprint density at radius 2 is 2.25 bits per heavy atom. The highest BCUT2D eigenvalue weighted by Gasteiger charge is 2.16. The lowest BCUT2D eigenvalue weighted by molar-refractivity contribution is 0.0315. The molecule has 6 heteroatoms. The molecule has 1 unspecified atom stereocenters. The average Bonchev–Trinajstić information content (AvgIpc) is 2.95. The zero-order valence-electron chi connectivity index (χ0n) is 11.0. The van der Waals surface area contributed by atoms with Gasteiger partial charge < -0.3 is 4.74 Å². The van der Waals surface area contributed by atoms with Gasteiger partial charge in [0, 0.05) is 22.4 Å². The van der Waals surface area contributed by atoms with Crippen LogP contribution in [-0.4, -0.2) is 33.6 Å². The molecule has 1 aromatic carbocycles. The van der Waals surface area contributed by atoms with Gasteiger partial charge in [0.25, 0.3) is 0 Å². The molecule has 0 radical (unpaired) electrons. The molecule has 0 amide bonds. The Balaban J connectivity index is 1.63. The lowest BCUT2D eigenvalue weighted by Gasteiger charge is -2.21. The van der Waals surface area contributed by atoms with Crippen molar-refractivity contribution in [2.75, 3.05) is 12.4 Å². The van der Waals surface area contributed by atoms with Crippen LogP contribution in [0.5, 0.6) is 0 Å². The standard InChI is InChI=1S/C14H16BrN3OS/c15-12-7-2-1-6-11(12)13-16-14(18-17-13)20-9-10-5-3-4-8-19-10/h1-2,6-7,10H,3-5,8-9H2,(H,16,17,18). The van der Waals surface area contributed by atoms with Crippen molar-refractivity contribution >= 4 is 27.7 Å². The van der Waals surface area contributed by atoms with Crippen molar-refractivity contribution in [2.45, 2.75) is 30.5 Å². The third-order valence-corrected chi connectivity index (χ3v) is 4.94. The number of nitrogens with one attached hydrogen (secondary N) is 1. The summed E-state index contributed by atoms with van der Waals surface area (Å²) in [6, 6.07) is 8.00. The highest BCUT2D eigenvalue weighted by atomic mass is 79.9. The monoisotopic (exact) mass is 353 g/mol. The first-order valence-electron chi connectivity index (χ1n) is 6.74. The molecule has 2 heterocycles. The normalized spacial score (nSPS) is 19.1. The second-order valence-corrected chi connectivity index (χ2v) is 6.59. The van der Waals surface area contributed by atoms with Crippen LogP contribution >= 0.6 is 27.7 Å². The minimum absolute atomic E-state index is 0.346. The summed E-state index contributed by atoms with van der Waals surface area (Å²) in [6.07, 6.45) is 3.95. The molecule has 20 heavy (non-hydrogen) atoms. The number of benzene rings is 1. The number of hydrogen-bond donors (Lipinski definition) is 1. The maximum absolute atomic E-state index is 5.72. The van der Waals surface area contributed by atoms with E-state index in [0.29, 0.717) is 6.10 Å². The number of rotatable bonds is 4. The summed E-state index contributed by atoms with van der Waals surface area (Å²) in [5.41, 5.74) is 1.03. The zero-order valence-corrected chi connectivity index (χ0v) is 13.4. The van der Waals surface area contributed by atoms with Crippen LogP contribution in [0.1, 0.15) is 19.3 Å². The Bertz CT molecular complexity index is 569. The van der Waals surface area contributed by atoms with E-state index in [-0.39, 0.29) is 0 Å². The van der Waals surface area contributed by atoms with Gasteiger partial charge in [-0.2, -0.15) is 0 Å². The molecule has 4 nitrogen and oxygen atoms in total. The van der Waals surface area contributed by atoms with Gasteiger partial charge in [-0.05, 0) is 25.3 Å². The molecule has 1 aliphatic rings. The number of H-pyrrole nitrogens is 1. The summed E-state index contributed by atoms with van der Waals surface area (Å²) >= 11 is 5.18. The van der Waals surface area contributed by atoms with Gasteiger partial charge in [0.2, 0.25) is 5.16 Å². The van der Waals surface area contributed by atoms with E-state index in [0.717, 1.165) is 39.8 Å². The fraction of sp³-hybridized carbons (Fsp3) is 0.429. The highest BCUT2D eigenvalue weighted by Crippen LogP contribution is 2.27. The fourth-order valence-corrected chi connectivity index (χ4v) is 3.53. The Morgan fingerprint density at radius 3 is 3.05 bits per heavy atom. The number of thioether (sulfide) groups is 1. The highest BCUT2D eigenvalue weighted by molar-refractivity contribution is 9.10. The van der Waals surface area contributed by atoms with Crippen molar-refractivity contribution in [3.63, 3.8) is 0 Å². The zero-order chi connectivity index (χ0) is 13.8. The lowest BCUT2D eigenvalue weighted by atomic mass is 10.1. The van der Waals surface area contributed by atoms with Gasteiger partial charge >= 0.3 is 0 Å². The van der Waals surface area contributed by atoms with Crippen molar-refractivity contribution in [2.24, 2.45) is 0 Å². The molecule has 106 valence electrons. The molecule has 1 fully saturated rings. The number of nitrogens with zero attached hydrogens (tertiary/aromatic N) is 2. The smallest absolute Gasteiger partial charge is 0.208 e. The molecule has 1 aromatic heterocycles. The maximum atomic E-state index is 5.72. The van der Waals surface area contributed by atoms with Crippen molar-refractivity contribution in [3.8, 4) is 11.4 Å². The second-order valence-electron chi connectivity index (χ2n) is 4.75. The van der Waals surface area contributed by atoms with Gasteiger partial charge in [0.1, 0.15) is 0 Å². The van der Waals surface area contributed by atoms with Gasteiger partial charge in [-0.3, -0.25) is 5.10 Å². The maximum Gasteiger partial charge on any atom is 0.208 e. The Kier molecular flexibility index (Phi) is 4.75. The molecular formula is C14H16BrN3OS. The number of ether oxygens (including phenoxy) is 1. The van der Waals surface area contributed by atoms with E-state index in [1.807, 2.05) is 24.3 Å². The van der Waals surface area contributed by atoms with E-state index in [2.05, 4.69) is 31.1 Å². The van der Waals surface area contributed by atoms with Crippen molar-refractivity contribution in [1.82, 2.24) is 15.2 Å². The predicted octanol–water partition coefficient (Wildman–Crippen LogP) is 3.90. The predicted molar refractivity (Wildman–Crippen MR) is 83.8 cm³/mol. The third kappa shape index (κ3) is 3.42. The quantitative estimate of drug-likeness (QED) is 0.847. The van der Waals surface area contributed by atoms with Gasteiger partial charge in [0.15, 0.2) is 5.82 Å². The molecule has 0 bridgehead atoms. The number of halogens is 1. The molecule has 1 atom stereocenters. The summed E-state index contributed by atoms with van der Waals surface area (Å²) in [6.45, 7) is 0.890. The second kappa shape index (κ2) is 6.74. The number of hydrogen-bond acceptors (Lipinski definition) is 4. The summed E-state index contributed by atoms with van der Waals surface area (Å²) < 4.78 is 6.73. The average molecular weight is 354 g/mol. The van der Waals surface area contributed by atoms with Gasteiger partial charge in [-0.15, -0.1) is 5.10 Å². The van der Waals surface area contributed by atoms with E-state index in [1.165, 1.54) is 12.8 Å². The Hall–Kier alpha value is -0.850. The molecule has 0 aliphatic carbocycles. The van der Waals surface area contributed by atoms with Crippen LogP contribution in [0.2, 0.25) is 0 Å². The molecule has 3 rings (SSSR count). The first kappa shape index (κ1) is 14.1. The van der Waals surface area contributed by atoms with Crippen LogP contribution in [-0.2, 0) is 4.74 Å². The van der Waals surface area contributed by atoms with Gasteiger partial charge in [0.05, 0.1) is 6.10 Å². The van der Waals surface area contributed by atoms with E-state index >= 15 is 0 Å². The number of aromatic amines is 1. The third-order valence-electron chi connectivity index (χ3n) is 3.27. The first-order valence-corrected chi connectivity index (χ1v) is 8.52.